The molecule has 1 atom stereocenters. The molecule has 5 heteroatoms. The van der Waals surface area contributed by atoms with E-state index in [0.29, 0.717) is 17.2 Å². The van der Waals surface area contributed by atoms with Crippen LogP contribution in [0.5, 0.6) is 5.75 Å². The highest BCUT2D eigenvalue weighted by molar-refractivity contribution is 5.79. The zero-order chi connectivity index (χ0) is 23.3. The number of carboxylic acid groups (broad SMARTS) is 1. The monoisotopic (exact) mass is 447 g/mol. The number of ether oxygens (including phenoxy) is 1. The summed E-state index contributed by atoms with van der Waals surface area (Å²) in [7, 11) is 0. The van der Waals surface area contributed by atoms with E-state index in [4.69, 9.17) is 9.15 Å². The molecule has 1 unspecified atom stereocenters. The molecule has 0 aliphatic heterocycles. The largest absolute Gasteiger partial charge is 0.478 e. The van der Waals surface area contributed by atoms with Crippen molar-refractivity contribution < 1.29 is 19.1 Å². The lowest BCUT2D eigenvalue weighted by Crippen LogP contribution is -2.18. The van der Waals surface area contributed by atoms with Gasteiger partial charge in [0.05, 0.1) is 0 Å². The van der Waals surface area contributed by atoms with E-state index in [2.05, 4.69) is 4.98 Å². The third-order valence-electron chi connectivity index (χ3n) is 5.37. The van der Waals surface area contributed by atoms with Gasteiger partial charge < -0.3 is 14.3 Å². The van der Waals surface area contributed by atoms with Crippen molar-refractivity contribution in [3.8, 4) is 39.5 Å². The van der Waals surface area contributed by atoms with Crippen molar-refractivity contribution in [3.63, 3.8) is 0 Å². The van der Waals surface area contributed by atoms with Crippen molar-refractivity contribution in [2.75, 3.05) is 0 Å². The second-order valence-electron chi connectivity index (χ2n) is 7.69. The van der Waals surface area contributed by atoms with Crippen LogP contribution in [0.3, 0.4) is 0 Å². The van der Waals surface area contributed by atoms with Crippen LogP contribution in [0.4, 0.5) is 0 Å². The number of hydrogen-bond acceptors (Lipinski definition) is 4. The predicted octanol–water partition coefficient (Wildman–Crippen LogP) is 6.88. The fourth-order valence-electron chi connectivity index (χ4n) is 3.75. The van der Waals surface area contributed by atoms with Gasteiger partial charge in [0.1, 0.15) is 11.4 Å². The number of oxazole rings is 1. The molecular formula is C29H21NO4. The minimum atomic E-state index is -1.41. The molecule has 0 saturated carbocycles. The van der Waals surface area contributed by atoms with E-state index in [1.165, 1.54) is 0 Å². The van der Waals surface area contributed by atoms with E-state index in [1.54, 1.807) is 6.07 Å². The first-order valence-electron chi connectivity index (χ1n) is 10.9. The Kier molecular flexibility index (Phi) is 5.91. The number of rotatable bonds is 7. The number of carbonyl (C=O) groups is 1. The van der Waals surface area contributed by atoms with Gasteiger partial charge in [-0.3, -0.25) is 0 Å². The normalized spacial score (nSPS) is 11.6. The number of nitrogens with zero attached hydrogens (tertiary/aromatic N) is 1. The van der Waals surface area contributed by atoms with Crippen molar-refractivity contribution in [2.45, 2.75) is 6.10 Å². The molecule has 34 heavy (non-hydrogen) atoms. The fourth-order valence-corrected chi connectivity index (χ4v) is 3.75. The minimum Gasteiger partial charge on any atom is -0.478 e. The molecule has 1 heterocycles. The zero-order valence-electron chi connectivity index (χ0n) is 18.2. The van der Waals surface area contributed by atoms with Crippen LogP contribution < -0.4 is 4.74 Å². The van der Waals surface area contributed by atoms with Crippen molar-refractivity contribution in [1.29, 1.82) is 0 Å². The van der Waals surface area contributed by atoms with Crippen molar-refractivity contribution in [3.05, 3.63) is 121 Å². The van der Waals surface area contributed by atoms with Crippen LogP contribution in [-0.2, 0) is 4.79 Å². The van der Waals surface area contributed by atoms with Gasteiger partial charge in [-0.2, -0.15) is 0 Å². The maximum atomic E-state index is 12.2. The zero-order valence-corrected chi connectivity index (χ0v) is 18.2. The molecule has 0 fully saturated rings. The third kappa shape index (κ3) is 4.45. The predicted molar refractivity (Wildman–Crippen MR) is 130 cm³/mol. The summed E-state index contributed by atoms with van der Waals surface area (Å²) in [6.07, 6.45) is -1.41. The molecule has 166 valence electrons. The van der Waals surface area contributed by atoms with Crippen LogP contribution in [0, 0.1) is 0 Å². The maximum absolute atomic E-state index is 12.2. The van der Waals surface area contributed by atoms with Crippen molar-refractivity contribution in [2.24, 2.45) is 0 Å². The van der Waals surface area contributed by atoms with Crippen molar-refractivity contribution in [1.82, 2.24) is 4.98 Å². The topological polar surface area (TPSA) is 72.6 Å². The summed E-state index contributed by atoms with van der Waals surface area (Å²) in [6, 6.07) is 36.2. The van der Waals surface area contributed by atoms with Gasteiger partial charge in [0, 0.05) is 11.1 Å². The number of carboxylic acids is 1. The average Bonchev–Trinajstić information content (AvgIpc) is 3.34. The summed E-state index contributed by atoms with van der Waals surface area (Å²) in [5.41, 5.74) is 4.12. The van der Waals surface area contributed by atoms with Gasteiger partial charge >= 0.3 is 5.97 Å². The lowest BCUT2D eigenvalue weighted by atomic mass is 10.1. The van der Waals surface area contributed by atoms with Gasteiger partial charge in [-0.05, 0) is 23.3 Å². The molecule has 0 aliphatic carbocycles. The Morgan fingerprint density at radius 1 is 0.706 bits per heavy atom. The molecule has 5 rings (SSSR count). The molecule has 5 aromatic rings. The standard InChI is InChI=1S/C29H21NO4/c31-29(32)27(33-24-18-10-17-23(19-24)20-11-4-1-5-12-20)28-30-25(21-13-6-2-7-14-21)26(34-28)22-15-8-3-9-16-22/h1-19,27H,(H,31,32). The fraction of sp³-hybridized carbons (Fsp3) is 0.0345. The number of hydrogen-bond donors (Lipinski definition) is 1. The lowest BCUT2D eigenvalue weighted by Gasteiger charge is -2.13. The summed E-state index contributed by atoms with van der Waals surface area (Å²) < 4.78 is 12.0. The molecule has 0 bridgehead atoms. The maximum Gasteiger partial charge on any atom is 0.354 e. The second kappa shape index (κ2) is 9.46. The van der Waals surface area contributed by atoms with Crippen LogP contribution in [0.15, 0.2) is 120 Å². The van der Waals surface area contributed by atoms with Gasteiger partial charge in [-0.25, -0.2) is 9.78 Å². The molecule has 0 saturated heterocycles. The SMILES string of the molecule is O=C(O)C(Oc1cccc(-c2ccccc2)c1)c1nc(-c2ccccc2)c(-c2ccccc2)o1. The highest BCUT2D eigenvalue weighted by atomic mass is 16.5. The van der Waals surface area contributed by atoms with Gasteiger partial charge in [0.15, 0.2) is 5.76 Å². The molecule has 1 N–H and O–H groups in total. The number of benzene rings is 4. The van der Waals surface area contributed by atoms with Crippen molar-refractivity contribution >= 4 is 5.97 Å². The van der Waals surface area contributed by atoms with Crippen LogP contribution in [0.2, 0.25) is 0 Å². The van der Waals surface area contributed by atoms with Gasteiger partial charge in [-0.15, -0.1) is 0 Å². The lowest BCUT2D eigenvalue weighted by molar-refractivity contribution is -0.146. The van der Waals surface area contributed by atoms with Gasteiger partial charge in [0.25, 0.3) is 6.10 Å². The Bertz CT molecular complexity index is 1340. The summed E-state index contributed by atoms with van der Waals surface area (Å²) in [6.45, 7) is 0. The third-order valence-corrected chi connectivity index (χ3v) is 5.37. The molecule has 5 nitrogen and oxygen atoms in total. The highest BCUT2D eigenvalue weighted by Crippen LogP contribution is 2.36. The van der Waals surface area contributed by atoms with Gasteiger partial charge in [0.2, 0.25) is 5.89 Å². The van der Waals surface area contributed by atoms with E-state index in [-0.39, 0.29) is 5.89 Å². The Morgan fingerprint density at radius 3 is 1.88 bits per heavy atom. The molecular weight excluding hydrogens is 426 g/mol. The van der Waals surface area contributed by atoms with E-state index < -0.39 is 12.1 Å². The average molecular weight is 447 g/mol. The van der Waals surface area contributed by atoms with E-state index in [1.807, 2.05) is 109 Å². The van der Waals surface area contributed by atoms with Crippen LogP contribution in [0.25, 0.3) is 33.7 Å². The first-order valence-corrected chi connectivity index (χ1v) is 10.9. The summed E-state index contributed by atoms with van der Waals surface area (Å²) >= 11 is 0. The van der Waals surface area contributed by atoms with Crippen LogP contribution >= 0.6 is 0 Å². The number of aliphatic carboxylic acids is 1. The van der Waals surface area contributed by atoms with E-state index in [0.717, 1.165) is 22.3 Å². The molecule has 0 amide bonds. The first-order chi connectivity index (χ1) is 16.7. The minimum absolute atomic E-state index is 0.0182. The molecule has 0 radical (unpaired) electrons. The molecule has 1 aromatic heterocycles. The smallest absolute Gasteiger partial charge is 0.354 e. The summed E-state index contributed by atoms with van der Waals surface area (Å²) in [4.78, 5) is 16.8. The van der Waals surface area contributed by atoms with Crippen LogP contribution in [-0.4, -0.2) is 16.1 Å². The Morgan fingerprint density at radius 2 is 1.26 bits per heavy atom. The summed E-state index contributed by atoms with van der Waals surface area (Å²) in [5, 5.41) is 9.99. The number of aromatic nitrogens is 1. The first kappa shape index (κ1) is 21.2. The Balaban J connectivity index is 1.54. The Labute approximate surface area is 196 Å². The van der Waals surface area contributed by atoms with Crippen LogP contribution in [0.1, 0.15) is 12.0 Å². The molecule has 4 aromatic carbocycles. The summed E-state index contributed by atoms with van der Waals surface area (Å²) in [5.74, 6) is -0.301. The van der Waals surface area contributed by atoms with Gasteiger partial charge in [-0.1, -0.05) is 103 Å². The quantitative estimate of drug-likeness (QED) is 0.294. The Hall–Kier alpha value is -4.64. The highest BCUT2D eigenvalue weighted by Gasteiger charge is 2.30. The second-order valence-corrected chi connectivity index (χ2v) is 7.69. The van der Waals surface area contributed by atoms with E-state index >= 15 is 0 Å². The van der Waals surface area contributed by atoms with E-state index in [9.17, 15) is 9.90 Å². The molecule has 0 aliphatic rings. The molecule has 0 spiro atoms.